The molecule has 0 amide bonds. The standard InChI is InChI=1S/C23H29NO/c25-22-12-5-4-8-18(22)13-14-21-20-11-6-15-23(20,16-7-17-24-21)19-9-2-1-3-10-19/h1-5,8-10,12,20-21,24-25H,6-7,11,13-17H2. The second-order valence-electron chi connectivity index (χ2n) is 7.85. The van der Waals surface area contributed by atoms with E-state index >= 15 is 0 Å². The SMILES string of the molecule is Oc1ccccc1CCC1NCCCC2(c3ccccc3)CCCC12. The van der Waals surface area contributed by atoms with Crippen molar-refractivity contribution in [3.63, 3.8) is 0 Å². The van der Waals surface area contributed by atoms with Gasteiger partial charge in [0.05, 0.1) is 0 Å². The topological polar surface area (TPSA) is 32.3 Å². The smallest absolute Gasteiger partial charge is 0.118 e. The molecule has 3 atom stereocenters. The van der Waals surface area contributed by atoms with Gasteiger partial charge in [0.2, 0.25) is 0 Å². The van der Waals surface area contributed by atoms with Crippen LogP contribution in [0.3, 0.4) is 0 Å². The second-order valence-corrected chi connectivity index (χ2v) is 7.85. The average Bonchev–Trinajstić information content (AvgIpc) is 3.00. The van der Waals surface area contributed by atoms with Crippen LogP contribution >= 0.6 is 0 Å². The fraction of sp³-hybridized carbons (Fsp3) is 0.478. The van der Waals surface area contributed by atoms with Crippen molar-refractivity contribution in [1.82, 2.24) is 5.32 Å². The highest BCUT2D eigenvalue weighted by atomic mass is 16.3. The Hall–Kier alpha value is -1.80. The van der Waals surface area contributed by atoms with Gasteiger partial charge in [-0.3, -0.25) is 0 Å². The van der Waals surface area contributed by atoms with Gasteiger partial charge in [-0.15, -0.1) is 0 Å². The zero-order valence-corrected chi connectivity index (χ0v) is 15.0. The molecule has 2 nitrogen and oxygen atoms in total. The van der Waals surface area contributed by atoms with Gasteiger partial charge in [-0.1, -0.05) is 55.0 Å². The molecule has 1 aliphatic heterocycles. The van der Waals surface area contributed by atoms with Gasteiger partial charge in [0, 0.05) is 6.04 Å². The van der Waals surface area contributed by atoms with Crippen LogP contribution in [-0.4, -0.2) is 17.7 Å². The van der Waals surface area contributed by atoms with Gasteiger partial charge >= 0.3 is 0 Å². The Labute approximate surface area is 151 Å². The summed E-state index contributed by atoms with van der Waals surface area (Å²) in [5, 5.41) is 13.9. The number of fused-ring (bicyclic) bond motifs is 1. The average molecular weight is 335 g/mol. The van der Waals surface area contributed by atoms with E-state index in [0.717, 1.165) is 24.9 Å². The van der Waals surface area contributed by atoms with E-state index in [9.17, 15) is 5.11 Å². The summed E-state index contributed by atoms with van der Waals surface area (Å²) in [5.74, 6) is 1.15. The summed E-state index contributed by atoms with van der Waals surface area (Å²) < 4.78 is 0. The Morgan fingerprint density at radius 3 is 2.56 bits per heavy atom. The largest absolute Gasteiger partial charge is 0.508 e. The summed E-state index contributed by atoms with van der Waals surface area (Å²) >= 11 is 0. The number of para-hydroxylation sites is 1. The van der Waals surface area contributed by atoms with Gasteiger partial charge < -0.3 is 10.4 Å². The van der Waals surface area contributed by atoms with E-state index in [1.165, 1.54) is 32.1 Å². The van der Waals surface area contributed by atoms with E-state index in [2.05, 4.69) is 41.7 Å². The van der Waals surface area contributed by atoms with Gasteiger partial charge in [-0.05, 0) is 73.6 Å². The quantitative estimate of drug-likeness (QED) is 0.840. The number of aryl methyl sites for hydroxylation is 1. The van der Waals surface area contributed by atoms with Crippen molar-refractivity contribution in [3.05, 3.63) is 65.7 Å². The Morgan fingerprint density at radius 2 is 1.72 bits per heavy atom. The van der Waals surface area contributed by atoms with Crippen LogP contribution in [0.2, 0.25) is 0 Å². The first-order valence-electron chi connectivity index (χ1n) is 9.85. The van der Waals surface area contributed by atoms with Gasteiger partial charge in [-0.2, -0.15) is 0 Å². The molecule has 1 heterocycles. The highest BCUT2D eigenvalue weighted by molar-refractivity contribution is 5.32. The molecule has 132 valence electrons. The lowest BCUT2D eigenvalue weighted by Gasteiger charge is -2.39. The molecular weight excluding hydrogens is 306 g/mol. The maximum atomic E-state index is 10.1. The number of phenols is 1. The van der Waals surface area contributed by atoms with Crippen molar-refractivity contribution in [2.45, 2.75) is 56.4 Å². The van der Waals surface area contributed by atoms with Crippen molar-refractivity contribution in [2.24, 2.45) is 5.92 Å². The second kappa shape index (κ2) is 7.21. The number of rotatable bonds is 4. The van der Waals surface area contributed by atoms with Crippen molar-refractivity contribution in [3.8, 4) is 5.75 Å². The van der Waals surface area contributed by atoms with Crippen LogP contribution in [0.4, 0.5) is 0 Å². The Kier molecular flexibility index (Phi) is 4.80. The number of aromatic hydroxyl groups is 1. The fourth-order valence-corrected chi connectivity index (χ4v) is 5.44. The predicted octanol–water partition coefficient (Wildman–Crippen LogP) is 4.81. The highest BCUT2D eigenvalue weighted by Crippen LogP contribution is 2.51. The zero-order chi connectivity index (χ0) is 17.1. The van der Waals surface area contributed by atoms with Crippen LogP contribution in [0.1, 0.15) is 49.7 Å². The highest BCUT2D eigenvalue weighted by Gasteiger charge is 2.47. The third-order valence-corrected chi connectivity index (χ3v) is 6.60. The lowest BCUT2D eigenvalue weighted by atomic mass is 9.67. The summed E-state index contributed by atoms with van der Waals surface area (Å²) in [6.45, 7) is 1.12. The molecule has 3 unspecified atom stereocenters. The molecule has 2 aliphatic rings. The Bertz CT molecular complexity index is 698. The lowest BCUT2D eigenvalue weighted by molar-refractivity contribution is 0.244. The van der Waals surface area contributed by atoms with E-state index in [-0.39, 0.29) is 0 Å². The maximum absolute atomic E-state index is 10.1. The summed E-state index contributed by atoms with van der Waals surface area (Å²) in [7, 11) is 0. The van der Waals surface area contributed by atoms with Crippen LogP contribution < -0.4 is 5.32 Å². The molecule has 2 N–H and O–H groups in total. The molecular formula is C23H29NO. The molecule has 25 heavy (non-hydrogen) atoms. The molecule has 0 bridgehead atoms. The van der Waals surface area contributed by atoms with Crippen LogP contribution in [0.5, 0.6) is 5.75 Å². The first kappa shape index (κ1) is 16.7. The van der Waals surface area contributed by atoms with Crippen LogP contribution in [0, 0.1) is 5.92 Å². The van der Waals surface area contributed by atoms with Crippen LogP contribution in [-0.2, 0) is 11.8 Å². The molecule has 1 saturated carbocycles. The fourth-order valence-electron chi connectivity index (χ4n) is 5.44. The van der Waals surface area contributed by atoms with Crippen molar-refractivity contribution < 1.29 is 5.11 Å². The monoisotopic (exact) mass is 335 g/mol. The van der Waals surface area contributed by atoms with Gasteiger partial charge in [0.1, 0.15) is 5.75 Å². The minimum atomic E-state index is 0.355. The molecule has 1 aliphatic carbocycles. The van der Waals surface area contributed by atoms with E-state index in [0.29, 0.717) is 23.1 Å². The first-order chi connectivity index (χ1) is 12.3. The normalized spacial score (nSPS) is 29.1. The third-order valence-electron chi connectivity index (χ3n) is 6.60. The van der Waals surface area contributed by atoms with Crippen LogP contribution in [0.25, 0.3) is 0 Å². The molecule has 2 heteroatoms. The summed E-state index contributed by atoms with van der Waals surface area (Å²) in [5.41, 5.74) is 2.99. The number of hydrogen-bond acceptors (Lipinski definition) is 2. The molecule has 2 fully saturated rings. The molecule has 0 spiro atoms. The molecule has 0 radical (unpaired) electrons. The van der Waals surface area contributed by atoms with E-state index in [1.807, 2.05) is 12.1 Å². The summed E-state index contributed by atoms with van der Waals surface area (Å²) in [6, 6.07) is 19.6. The van der Waals surface area contributed by atoms with E-state index in [1.54, 1.807) is 11.6 Å². The van der Waals surface area contributed by atoms with E-state index in [4.69, 9.17) is 0 Å². The maximum Gasteiger partial charge on any atom is 0.118 e. The first-order valence-corrected chi connectivity index (χ1v) is 9.85. The number of benzene rings is 2. The minimum Gasteiger partial charge on any atom is -0.508 e. The lowest BCUT2D eigenvalue weighted by Crippen LogP contribution is -2.42. The number of phenolic OH excluding ortho intramolecular Hbond substituents is 1. The van der Waals surface area contributed by atoms with Crippen molar-refractivity contribution >= 4 is 0 Å². The van der Waals surface area contributed by atoms with Gasteiger partial charge in [0.25, 0.3) is 0 Å². The Morgan fingerprint density at radius 1 is 0.960 bits per heavy atom. The zero-order valence-electron chi connectivity index (χ0n) is 15.0. The molecule has 2 aromatic rings. The molecule has 1 saturated heterocycles. The molecule has 2 aromatic carbocycles. The number of nitrogens with one attached hydrogen (secondary N) is 1. The predicted molar refractivity (Wildman–Crippen MR) is 103 cm³/mol. The van der Waals surface area contributed by atoms with Crippen molar-refractivity contribution in [2.75, 3.05) is 6.54 Å². The summed E-state index contributed by atoms with van der Waals surface area (Å²) in [6.07, 6.45) is 8.63. The molecule has 0 aromatic heterocycles. The van der Waals surface area contributed by atoms with Crippen LogP contribution in [0.15, 0.2) is 54.6 Å². The molecule has 4 rings (SSSR count). The minimum absolute atomic E-state index is 0.355. The van der Waals surface area contributed by atoms with E-state index < -0.39 is 0 Å². The number of hydrogen-bond donors (Lipinski definition) is 2. The summed E-state index contributed by atoms with van der Waals surface area (Å²) in [4.78, 5) is 0. The Balaban J connectivity index is 1.57. The van der Waals surface area contributed by atoms with Gasteiger partial charge in [0.15, 0.2) is 0 Å². The third kappa shape index (κ3) is 3.20. The van der Waals surface area contributed by atoms with Gasteiger partial charge in [-0.25, -0.2) is 0 Å². The van der Waals surface area contributed by atoms with Crippen molar-refractivity contribution in [1.29, 1.82) is 0 Å².